The van der Waals surface area contributed by atoms with Crippen LogP contribution in [0.4, 0.5) is 10.8 Å². The molecule has 10 heteroatoms. The molecule has 0 spiro atoms. The molecule has 0 atom stereocenters. The minimum absolute atomic E-state index is 0.0354. The molecule has 0 saturated carbocycles. The van der Waals surface area contributed by atoms with Crippen molar-refractivity contribution in [1.82, 2.24) is 4.98 Å². The van der Waals surface area contributed by atoms with Gasteiger partial charge in [0.25, 0.3) is 15.9 Å². The zero-order valence-electron chi connectivity index (χ0n) is 17.3. The van der Waals surface area contributed by atoms with Crippen molar-refractivity contribution in [3.63, 3.8) is 0 Å². The number of fused-ring (bicyclic) bond motifs is 1. The Morgan fingerprint density at radius 2 is 2.00 bits per heavy atom. The van der Waals surface area contributed by atoms with Crippen molar-refractivity contribution in [1.29, 1.82) is 0 Å². The maximum atomic E-state index is 13.4. The van der Waals surface area contributed by atoms with E-state index in [2.05, 4.69) is 10.3 Å². The second-order valence-electron chi connectivity index (χ2n) is 7.04. The molecule has 3 aromatic rings. The van der Waals surface area contributed by atoms with Crippen LogP contribution >= 0.6 is 11.3 Å². The molecule has 2 aromatic carbocycles. The number of carbonyl (C=O) groups is 2. The number of para-hydroxylation sites is 1. The molecule has 1 aromatic heterocycles. The number of nitrogens with one attached hydrogen (secondary N) is 1. The summed E-state index contributed by atoms with van der Waals surface area (Å²) in [5.41, 5.74) is 1.82. The van der Waals surface area contributed by atoms with Gasteiger partial charge in [0.05, 0.1) is 23.4 Å². The van der Waals surface area contributed by atoms with Crippen LogP contribution in [0, 0.1) is 0 Å². The number of rotatable bonds is 6. The third kappa shape index (κ3) is 4.37. The molecule has 0 radical (unpaired) electrons. The van der Waals surface area contributed by atoms with E-state index >= 15 is 0 Å². The first kappa shape index (κ1) is 22.0. The number of sulfonamides is 1. The third-order valence-electron chi connectivity index (χ3n) is 4.95. The smallest absolute Gasteiger partial charge is 0.350 e. The number of nitrogens with zero attached hydrogens (tertiary/aromatic N) is 2. The standard InChI is InChI=1S/C22H21N3O5S2/c1-2-30-21(27)19-14-23-22(31-19)24-20(26)16-8-5-10-17(13-16)32(28,29)25-12-6-9-15-7-3-4-11-18(15)25/h3-5,7-8,10-11,13-14H,2,6,9,12H2,1H3,(H,23,24,26). The maximum Gasteiger partial charge on any atom is 0.350 e. The fourth-order valence-electron chi connectivity index (χ4n) is 3.47. The van der Waals surface area contributed by atoms with Gasteiger partial charge >= 0.3 is 5.97 Å². The van der Waals surface area contributed by atoms with Gasteiger partial charge in [-0.1, -0.05) is 35.6 Å². The lowest BCUT2D eigenvalue weighted by Gasteiger charge is -2.30. The SMILES string of the molecule is CCOC(=O)c1cnc(NC(=O)c2cccc(S(=O)(=O)N3CCCc4ccccc43)c2)s1. The Kier molecular flexibility index (Phi) is 6.24. The summed E-state index contributed by atoms with van der Waals surface area (Å²) in [5, 5.41) is 2.82. The normalized spacial score (nSPS) is 13.3. The maximum absolute atomic E-state index is 13.4. The number of amides is 1. The molecule has 0 unspecified atom stereocenters. The Balaban J connectivity index is 1.56. The van der Waals surface area contributed by atoms with E-state index in [1.165, 1.54) is 34.8 Å². The van der Waals surface area contributed by atoms with Crippen LogP contribution in [0.3, 0.4) is 0 Å². The first-order chi connectivity index (χ1) is 15.4. The first-order valence-corrected chi connectivity index (χ1v) is 12.3. The van der Waals surface area contributed by atoms with E-state index in [1.807, 2.05) is 18.2 Å². The monoisotopic (exact) mass is 471 g/mol. The van der Waals surface area contributed by atoms with Crippen LogP contribution in [0.5, 0.6) is 0 Å². The number of aromatic nitrogens is 1. The molecule has 1 N–H and O–H groups in total. The Hall–Kier alpha value is -3.24. The molecule has 1 aliphatic heterocycles. The Morgan fingerprint density at radius 1 is 1.19 bits per heavy atom. The molecular weight excluding hydrogens is 450 g/mol. The molecule has 8 nitrogen and oxygen atoms in total. The average molecular weight is 472 g/mol. The zero-order valence-corrected chi connectivity index (χ0v) is 18.9. The van der Waals surface area contributed by atoms with Gasteiger partial charge in [0.2, 0.25) is 0 Å². The summed E-state index contributed by atoms with van der Waals surface area (Å²) in [6.07, 6.45) is 2.88. The number of hydrogen-bond acceptors (Lipinski definition) is 7. The van der Waals surface area contributed by atoms with Gasteiger partial charge in [-0.2, -0.15) is 0 Å². The lowest BCUT2D eigenvalue weighted by Crippen LogP contribution is -2.35. The highest BCUT2D eigenvalue weighted by molar-refractivity contribution is 7.92. The Bertz CT molecular complexity index is 1270. The summed E-state index contributed by atoms with van der Waals surface area (Å²) in [4.78, 5) is 28.8. The van der Waals surface area contributed by atoms with Crippen LogP contribution in [-0.2, 0) is 21.2 Å². The number of hydrogen-bond donors (Lipinski definition) is 1. The van der Waals surface area contributed by atoms with Crippen LogP contribution in [0.2, 0.25) is 0 Å². The van der Waals surface area contributed by atoms with Crippen molar-refractivity contribution < 1.29 is 22.7 Å². The highest BCUT2D eigenvalue weighted by Gasteiger charge is 2.29. The van der Waals surface area contributed by atoms with E-state index in [0.29, 0.717) is 12.2 Å². The second kappa shape index (κ2) is 9.09. The van der Waals surface area contributed by atoms with Crippen molar-refractivity contribution in [2.24, 2.45) is 0 Å². The summed E-state index contributed by atoms with van der Waals surface area (Å²) in [6, 6.07) is 13.3. The summed E-state index contributed by atoms with van der Waals surface area (Å²) < 4.78 is 33.0. The van der Waals surface area contributed by atoms with E-state index in [-0.39, 0.29) is 27.1 Å². The number of benzene rings is 2. The third-order valence-corrected chi connectivity index (χ3v) is 7.66. The molecule has 166 valence electrons. The highest BCUT2D eigenvalue weighted by atomic mass is 32.2. The fraction of sp³-hybridized carbons (Fsp3) is 0.227. The van der Waals surface area contributed by atoms with Crippen molar-refractivity contribution in [2.45, 2.75) is 24.7 Å². The summed E-state index contributed by atoms with van der Waals surface area (Å²) in [7, 11) is -3.84. The predicted octanol–water partition coefficient (Wildman–Crippen LogP) is 3.71. The van der Waals surface area contributed by atoms with Crippen molar-refractivity contribution in [3.05, 3.63) is 70.7 Å². The highest BCUT2D eigenvalue weighted by Crippen LogP contribution is 2.32. The lowest BCUT2D eigenvalue weighted by molar-refractivity contribution is 0.0531. The van der Waals surface area contributed by atoms with Crippen LogP contribution in [0.25, 0.3) is 0 Å². The number of carbonyl (C=O) groups excluding carboxylic acids is 2. The largest absolute Gasteiger partial charge is 0.462 e. The Morgan fingerprint density at radius 3 is 2.81 bits per heavy atom. The van der Waals surface area contributed by atoms with Crippen molar-refractivity contribution in [2.75, 3.05) is 22.8 Å². The quantitative estimate of drug-likeness (QED) is 0.550. The molecular formula is C22H21N3O5S2. The molecule has 4 rings (SSSR count). The van der Waals surface area contributed by atoms with Gasteiger partial charge in [0.15, 0.2) is 5.13 Å². The molecule has 0 saturated heterocycles. The predicted molar refractivity (Wildman–Crippen MR) is 122 cm³/mol. The molecule has 0 aliphatic carbocycles. The lowest BCUT2D eigenvalue weighted by atomic mass is 10.0. The molecule has 1 amide bonds. The number of aryl methyl sites for hydroxylation is 1. The molecule has 0 bridgehead atoms. The average Bonchev–Trinajstić information content (AvgIpc) is 3.27. The number of thiazole rings is 1. The van der Waals surface area contributed by atoms with Crippen molar-refractivity contribution >= 4 is 44.1 Å². The number of ether oxygens (including phenoxy) is 1. The van der Waals surface area contributed by atoms with Crippen LogP contribution in [0.15, 0.2) is 59.6 Å². The van der Waals surface area contributed by atoms with Gasteiger partial charge in [-0.25, -0.2) is 18.2 Å². The van der Waals surface area contributed by atoms with Crippen LogP contribution in [0.1, 0.15) is 38.9 Å². The summed E-state index contributed by atoms with van der Waals surface area (Å²) in [5.74, 6) is -1.04. The van der Waals surface area contributed by atoms with Gasteiger partial charge in [0.1, 0.15) is 4.88 Å². The molecule has 0 fully saturated rings. The van der Waals surface area contributed by atoms with Crippen molar-refractivity contribution in [3.8, 4) is 0 Å². The fourth-order valence-corrected chi connectivity index (χ4v) is 5.76. The van der Waals surface area contributed by atoms with E-state index in [9.17, 15) is 18.0 Å². The second-order valence-corrected chi connectivity index (χ2v) is 9.93. The van der Waals surface area contributed by atoms with E-state index in [0.717, 1.165) is 29.7 Å². The molecule has 32 heavy (non-hydrogen) atoms. The van der Waals surface area contributed by atoms with E-state index in [4.69, 9.17) is 4.74 Å². The molecule has 1 aliphatic rings. The van der Waals surface area contributed by atoms with Crippen LogP contribution in [-0.4, -0.2) is 38.4 Å². The van der Waals surface area contributed by atoms with Crippen LogP contribution < -0.4 is 9.62 Å². The minimum atomic E-state index is -3.84. The zero-order chi connectivity index (χ0) is 22.7. The Labute approximate surface area is 189 Å². The molecule has 2 heterocycles. The van der Waals surface area contributed by atoms with Gasteiger partial charge < -0.3 is 4.74 Å². The summed E-state index contributed by atoms with van der Waals surface area (Å²) in [6.45, 7) is 2.32. The van der Waals surface area contributed by atoms with Gasteiger partial charge in [0, 0.05) is 12.1 Å². The number of esters is 1. The van der Waals surface area contributed by atoms with Gasteiger partial charge in [-0.3, -0.25) is 14.4 Å². The van der Waals surface area contributed by atoms with Gasteiger partial charge in [-0.15, -0.1) is 0 Å². The van der Waals surface area contributed by atoms with E-state index < -0.39 is 21.9 Å². The van der Waals surface area contributed by atoms with Gasteiger partial charge in [-0.05, 0) is 49.6 Å². The minimum Gasteiger partial charge on any atom is -0.462 e. The van der Waals surface area contributed by atoms with E-state index in [1.54, 1.807) is 13.0 Å². The topological polar surface area (TPSA) is 106 Å². The number of anilines is 2. The first-order valence-electron chi connectivity index (χ1n) is 10.0. The summed E-state index contributed by atoms with van der Waals surface area (Å²) >= 11 is 0.985.